The van der Waals surface area contributed by atoms with E-state index in [-0.39, 0.29) is 6.61 Å². The molecule has 6 nitrogen and oxygen atoms in total. The smallest absolute Gasteiger partial charge is 0.134 e. The van der Waals surface area contributed by atoms with Gasteiger partial charge >= 0.3 is 0 Å². The summed E-state index contributed by atoms with van der Waals surface area (Å²) < 4.78 is 0. The first-order valence-corrected chi connectivity index (χ1v) is 8.06. The van der Waals surface area contributed by atoms with Gasteiger partial charge < -0.3 is 10.4 Å². The number of halogens is 1. The third-order valence-corrected chi connectivity index (χ3v) is 3.52. The van der Waals surface area contributed by atoms with E-state index in [1.165, 1.54) is 6.33 Å². The number of rotatable bonds is 6. The highest BCUT2D eigenvalue weighted by Gasteiger charge is 2.04. The van der Waals surface area contributed by atoms with Crippen molar-refractivity contribution >= 4 is 35.0 Å². The number of hydrogen-bond acceptors (Lipinski definition) is 6. The van der Waals surface area contributed by atoms with Crippen LogP contribution in [0.3, 0.4) is 0 Å². The molecule has 0 radical (unpaired) electrons. The molecule has 0 saturated heterocycles. The van der Waals surface area contributed by atoms with E-state index in [0.29, 0.717) is 22.9 Å². The standard InChI is InChI=1S/C18H16ClN5O/c19-14-3-1-4-15(8-14)24-18-9-17(22-12-23-18)13-7-16(11-20-10-13)21-5-2-6-25/h1,3-5,7-12,25H,2,6H2,(H,22,23,24). The van der Waals surface area contributed by atoms with Gasteiger partial charge in [0.15, 0.2) is 0 Å². The van der Waals surface area contributed by atoms with E-state index in [2.05, 4.69) is 25.3 Å². The zero-order chi connectivity index (χ0) is 17.5. The van der Waals surface area contributed by atoms with Gasteiger partial charge in [-0.2, -0.15) is 0 Å². The molecular formula is C18H16ClN5O. The van der Waals surface area contributed by atoms with Gasteiger partial charge in [-0.15, -0.1) is 0 Å². The molecule has 126 valence electrons. The summed E-state index contributed by atoms with van der Waals surface area (Å²) >= 11 is 6.00. The SMILES string of the molecule is OCCC=Nc1cncc(-c2cc(Nc3cccc(Cl)c3)ncn2)c1. The van der Waals surface area contributed by atoms with E-state index in [9.17, 15) is 0 Å². The van der Waals surface area contributed by atoms with E-state index >= 15 is 0 Å². The average molecular weight is 354 g/mol. The van der Waals surface area contributed by atoms with E-state index in [0.717, 1.165) is 16.9 Å². The summed E-state index contributed by atoms with van der Waals surface area (Å²) in [6, 6.07) is 11.1. The number of aliphatic imine (C=N–C) groups is 1. The van der Waals surface area contributed by atoms with Gasteiger partial charge in [0.2, 0.25) is 0 Å². The molecule has 0 amide bonds. The molecule has 0 aliphatic rings. The number of aromatic nitrogens is 3. The van der Waals surface area contributed by atoms with Crippen molar-refractivity contribution in [2.24, 2.45) is 4.99 Å². The van der Waals surface area contributed by atoms with Crippen LogP contribution < -0.4 is 5.32 Å². The first kappa shape index (κ1) is 17.0. The molecule has 3 rings (SSSR count). The summed E-state index contributed by atoms with van der Waals surface area (Å²) in [5.41, 5.74) is 3.10. The molecule has 0 aliphatic heterocycles. The second-order valence-electron chi connectivity index (χ2n) is 5.18. The van der Waals surface area contributed by atoms with Gasteiger partial charge in [-0.05, 0) is 24.3 Å². The van der Waals surface area contributed by atoms with Gasteiger partial charge in [0.05, 0.1) is 17.6 Å². The maximum atomic E-state index is 8.81. The second-order valence-corrected chi connectivity index (χ2v) is 5.62. The van der Waals surface area contributed by atoms with Crippen LogP contribution in [0.5, 0.6) is 0 Å². The van der Waals surface area contributed by atoms with Crippen molar-refractivity contribution in [2.75, 3.05) is 11.9 Å². The van der Waals surface area contributed by atoms with Crippen molar-refractivity contribution < 1.29 is 5.11 Å². The fourth-order valence-electron chi connectivity index (χ4n) is 2.16. The number of nitrogens with one attached hydrogen (secondary N) is 1. The minimum atomic E-state index is 0.0705. The number of benzene rings is 1. The molecule has 0 spiro atoms. The Balaban J connectivity index is 1.82. The minimum absolute atomic E-state index is 0.0705. The first-order valence-electron chi connectivity index (χ1n) is 7.68. The zero-order valence-electron chi connectivity index (χ0n) is 13.3. The summed E-state index contributed by atoms with van der Waals surface area (Å²) in [5, 5.41) is 12.7. The Morgan fingerprint density at radius 1 is 1.16 bits per heavy atom. The highest BCUT2D eigenvalue weighted by Crippen LogP contribution is 2.24. The lowest BCUT2D eigenvalue weighted by Gasteiger charge is -2.07. The zero-order valence-corrected chi connectivity index (χ0v) is 14.1. The van der Waals surface area contributed by atoms with Gasteiger partial charge in [0, 0.05) is 47.8 Å². The van der Waals surface area contributed by atoms with Gasteiger partial charge in [0.25, 0.3) is 0 Å². The summed E-state index contributed by atoms with van der Waals surface area (Å²) in [4.78, 5) is 17.0. The van der Waals surface area contributed by atoms with Crippen LogP contribution in [-0.2, 0) is 0 Å². The van der Waals surface area contributed by atoms with Crippen molar-refractivity contribution in [1.82, 2.24) is 15.0 Å². The van der Waals surface area contributed by atoms with E-state index in [1.54, 1.807) is 18.6 Å². The summed E-state index contributed by atoms with van der Waals surface area (Å²) in [5.74, 6) is 0.654. The Bertz CT molecular complexity index is 885. The highest BCUT2D eigenvalue weighted by molar-refractivity contribution is 6.30. The van der Waals surface area contributed by atoms with Crippen LogP contribution in [0.25, 0.3) is 11.3 Å². The number of nitrogens with zero attached hydrogens (tertiary/aromatic N) is 4. The Morgan fingerprint density at radius 2 is 2.08 bits per heavy atom. The molecule has 0 saturated carbocycles. The number of aliphatic hydroxyl groups is 1. The third kappa shape index (κ3) is 4.82. The number of pyridine rings is 1. The molecule has 0 atom stereocenters. The third-order valence-electron chi connectivity index (χ3n) is 3.28. The Morgan fingerprint density at radius 3 is 2.92 bits per heavy atom. The van der Waals surface area contributed by atoms with E-state index in [1.807, 2.05) is 36.4 Å². The van der Waals surface area contributed by atoms with Crippen molar-refractivity contribution in [1.29, 1.82) is 0 Å². The van der Waals surface area contributed by atoms with E-state index < -0.39 is 0 Å². The molecule has 7 heteroatoms. The maximum Gasteiger partial charge on any atom is 0.134 e. The monoisotopic (exact) mass is 353 g/mol. The van der Waals surface area contributed by atoms with Crippen LogP contribution in [-0.4, -0.2) is 32.9 Å². The molecule has 1 aromatic carbocycles. The molecular weight excluding hydrogens is 338 g/mol. The van der Waals surface area contributed by atoms with Crippen LogP contribution in [0.2, 0.25) is 5.02 Å². The average Bonchev–Trinajstić information content (AvgIpc) is 2.63. The van der Waals surface area contributed by atoms with Gasteiger partial charge in [-0.3, -0.25) is 9.98 Å². The van der Waals surface area contributed by atoms with Crippen molar-refractivity contribution in [3.05, 3.63) is 60.1 Å². The molecule has 0 aliphatic carbocycles. The summed E-state index contributed by atoms with van der Waals surface area (Å²) in [7, 11) is 0. The lowest BCUT2D eigenvalue weighted by molar-refractivity contribution is 0.308. The van der Waals surface area contributed by atoms with Crippen LogP contribution >= 0.6 is 11.6 Å². The topological polar surface area (TPSA) is 83.3 Å². The van der Waals surface area contributed by atoms with Gasteiger partial charge in [0.1, 0.15) is 12.1 Å². The lowest BCUT2D eigenvalue weighted by Crippen LogP contribution is -1.95. The molecule has 0 unspecified atom stereocenters. The molecule has 0 fully saturated rings. The molecule has 2 N–H and O–H groups in total. The number of anilines is 2. The second kappa shape index (κ2) is 8.32. The Hall–Kier alpha value is -2.83. The van der Waals surface area contributed by atoms with Crippen LogP contribution in [0.4, 0.5) is 17.2 Å². The summed E-state index contributed by atoms with van der Waals surface area (Å²) in [6.07, 6.45) is 7.03. The molecule has 0 bridgehead atoms. The first-order chi connectivity index (χ1) is 12.2. The Kier molecular flexibility index (Phi) is 5.66. The molecule has 3 aromatic rings. The fourth-order valence-corrected chi connectivity index (χ4v) is 2.35. The lowest BCUT2D eigenvalue weighted by atomic mass is 10.2. The van der Waals surface area contributed by atoms with Gasteiger partial charge in [-0.1, -0.05) is 17.7 Å². The molecule has 2 aromatic heterocycles. The van der Waals surface area contributed by atoms with Crippen LogP contribution in [0, 0.1) is 0 Å². The Labute approximate surface area is 150 Å². The van der Waals surface area contributed by atoms with Crippen molar-refractivity contribution in [3.63, 3.8) is 0 Å². The quantitative estimate of drug-likeness (QED) is 0.654. The van der Waals surface area contributed by atoms with E-state index in [4.69, 9.17) is 16.7 Å². The predicted octanol–water partition coefficient (Wildman–Crippen LogP) is 4.02. The maximum absolute atomic E-state index is 8.81. The number of hydrogen-bond donors (Lipinski definition) is 2. The predicted molar refractivity (Wildman–Crippen MR) is 99.9 cm³/mol. The number of aliphatic hydroxyl groups excluding tert-OH is 1. The summed E-state index contributed by atoms with van der Waals surface area (Å²) in [6.45, 7) is 0.0705. The minimum Gasteiger partial charge on any atom is -0.396 e. The highest BCUT2D eigenvalue weighted by atomic mass is 35.5. The molecule has 25 heavy (non-hydrogen) atoms. The molecule has 2 heterocycles. The normalized spacial score (nSPS) is 11.0. The fraction of sp³-hybridized carbons (Fsp3) is 0.111. The van der Waals surface area contributed by atoms with Crippen LogP contribution in [0.15, 0.2) is 60.1 Å². The van der Waals surface area contributed by atoms with Crippen molar-refractivity contribution in [2.45, 2.75) is 6.42 Å². The van der Waals surface area contributed by atoms with Gasteiger partial charge in [-0.25, -0.2) is 9.97 Å². The van der Waals surface area contributed by atoms with Crippen molar-refractivity contribution in [3.8, 4) is 11.3 Å². The largest absolute Gasteiger partial charge is 0.396 e. The van der Waals surface area contributed by atoms with Crippen LogP contribution in [0.1, 0.15) is 6.42 Å².